The summed E-state index contributed by atoms with van der Waals surface area (Å²) < 4.78 is 1.00. The second-order valence-electron chi connectivity index (χ2n) is 3.77. The van der Waals surface area contributed by atoms with Gasteiger partial charge in [-0.1, -0.05) is 23.7 Å². The van der Waals surface area contributed by atoms with Gasteiger partial charge in [0.2, 0.25) is 0 Å². The average molecular weight is 388 g/mol. The Labute approximate surface area is 129 Å². The lowest BCUT2D eigenvalue weighted by Crippen LogP contribution is -2.17. The van der Waals surface area contributed by atoms with Gasteiger partial charge in [-0.05, 0) is 52.9 Å². The number of benzene rings is 2. The van der Waals surface area contributed by atoms with Gasteiger partial charge in [-0.3, -0.25) is 10.6 Å². The van der Waals surface area contributed by atoms with Crippen LogP contribution in [0.25, 0.3) is 0 Å². The second kappa shape index (κ2) is 6.23. The predicted molar refractivity (Wildman–Crippen MR) is 86.4 cm³/mol. The smallest absolute Gasteiger partial charge is 0.257 e. The monoisotopic (exact) mass is 387 g/mol. The molecule has 2 aromatic carbocycles. The molecule has 0 aliphatic heterocycles. The first-order valence-electron chi connectivity index (χ1n) is 5.44. The summed E-state index contributed by atoms with van der Waals surface area (Å²) in [5.41, 5.74) is 4.07. The molecule has 1 amide bonds. The maximum atomic E-state index is 12.2. The van der Waals surface area contributed by atoms with Crippen molar-refractivity contribution in [2.45, 2.75) is 0 Å². The van der Waals surface area contributed by atoms with Crippen LogP contribution in [0.15, 0.2) is 42.5 Å². The number of anilines is 2. The average Bonchev–Trinajstić information content (AvgIpc) is 2.41. The molecule has 0 bridgehead atoms. The van der Waals surface area contributed by atoms with Crippen LogP contribution >= 0.6 is 34.2 Å². The molecule has 0 saturated carbocycles. The molecule has 0 atom stereocenters. The number of carbonyl (C=O) groups excluding carboxylic acids is 1. The van der Waals surface area contributed by atoms with Crippen molar-refractivity contribution in [2.75, 3.05) is 10.7 Å². The van der Waals surface area contributed by atoms with Crippen LogP contribution < -0.4 is 16.6 Å². The van der Waals surface area contributed by atoms with Crippen LogP contribution in [0.3, 0.4) is 0 Å². The van der Waals surface area contributed by atoms with Crippen LogP contribution in [-0.2, 0) is 0 Å². The van der Waals surface area contributed by atoms with Crippen LogP contribution in [-0.4, -0.2) is 5.91 Å². The molecule has 0 spiro atoms. The minimum atomic E-state index is -0.267. The standard InChI is InChI=1S/C13H11ClIN3O/c14-10-7-8(15)5-6-12(10)17-13(19)9-3-1-2-4-11(9)18-16/h1-7,18H,16H2,(H,17,19). The molecule has 4 N–H and O–H groups in total. The molecule has 0 heterocycles. The summed E-state index contributed by atoms with van der Waals surface area (Å²) in [6.45, 7) is 0. The largest absolute Gasteiger partial charge is 0.323 e. The van der Waals surface area contributed by atoms with Gasteiger partial charge in [-0.15, -0.1) is 0 Å². The number of halogens is 2. The Morgan fingerprint density at radius 3 is 2.58 bits per heavy atom. The zero-order valence-corrected chi connectivity index (χ0v) is 12.7. The summed E-state index contributed by atoms with van der Waals surface area (Å²) in [5, 5.41) is 3.26. The Hall–Kier alpha value is -1.31. The second-order valence-corrected chi connectivity index (χ2v) is 5.42. The number of rotatable bonds is 3. The summed E-state index contributed by atoms with van der Waals surface area (Å²) in [7, 11) is 0. The third kappa shape index (κ3) is 3.37. The highest BCUT2D eigenvalue weighted by Crippen LogP contribution is 2.25. The number of nitrogen functional groups attached to an aromatic ring is 1. The lowest BCUT2D eigenvalue weighted by Gasteiger charge is -2.10. The summed E-state index contributed by atoms with van der Waals surface area (Å²) in [6, 6.07) is 12.4. The molecule has 98 valence electrons. The van der Waals surface area contributed by atoms with E-state index < -0.39 is 0 Å². The summed E-state index contributed by atoms with van der Waals surface area (Å²) in [4.78, 5) is 12.2. The normalized spacial score (nSPS) is 10.1. The molecule has 2 rings (SSSR count). The van der Waals surface area contributed by atoms with Crippen molar-refractivity contribution in [1.82, 2.24) is 0 Å². The van der Waals surface area contributed by atoms with Gasteiger partial charge in [0.1, 0.15) is 0 Å². The van der Waals surface area contributed by atoms with Gasteiger partial charge in [0, 0.05) is 3.57 Å². The molecule has 6 heteroatoms. The van der Waals surface area contributed by atoms with Gasteiger partial charge in [-0.2, -0.15) is 0 Å². The molecule has 0 aliphatic carbocycles. The molecule has 0 saturated heterocycles. The summed E-state index contributed by atoms with van der Waals surface area (Å²) >= 11 is 8.23. The Morgan fingerprint density at radius 1 is 1.16 bits per heavy atom. The molecular formula is C13H11ClIN3O. The minimum Gasteiger partial charge on any atom is -0.323 e. The molecule has 0 radical (unpaired) electrons. The summed E-state index contributed by atoms with van der Waals surface area (Å²) in [5.74, 6) is 5.11. The first kappa shape index (κ1) is 14.1. The van der Waals surface area contributed by atoms with Crippen LogP contribution in [0.4, 0.5) is 11.4 Å². The maximum absolute atomic E-state index is 12.2. The van der Waals surface area contributed by atoms with Crippen molar-refractivity contribution in [3.63, 3.8) is 0 Å². The molecular weight excluding hydrogens is 377 g/mol. The highest BCUT2D eigenvalue weighted by molar-refractivity contribution is 14.1. The highest BCUT2D eigenvalue weighted by atomic mass is 127. The van der Waals surface area contributed by atoms with E-state index >= 15 is 0 Å². The number of hydrazine groups is 1. The zero-order chi connectivity index (χ0) is 13.8. The number of hydrogen-bond acceptors (Lipinski definition) is 3. The van der Waals surface area contributed by atoms with E-state index in [1.54, 1.807) is 36.4 Å². The fourth-order valence-corrected chi connectivity index (χ4v) is 2.49. The fraction of sp³-hybridized carbons (Fsp3) is 0. The van der Waals surface area contributed by atoms with E-state index in [0.717, 1.165) is 3.57 Å². The van der Waals surface area contributed by atoms with Crippen molar-refractivity contribution < 1.29 is 4.79 Å². The number of hydrogen-bond donors (Lipinski definition) is 3. The number of carbonyl (C=O) groups is 1. The van der Waals surface area contributed by atoms with Crippen LogP contribution in [0.1, 0.15) is 10.4 Å². The molecule has 4 nitrogen and oxygen atoms in total. The molecule has 2 aromatic rings. The van der Waals surface area contributed by atoms with Crippen LogP contribution in [0.5, 0.6) is 0 Å². The summed E-state index contributed by atoms with van der Waals surface area (Å²) in [6.07, 6.45) is 0. The minimum absolute atomic E-state index is 0.267. The van der Waals surface area contributed by atoms with Crippen molar-refractivity contribution in [2.24, 2.45) is 5.84 Å². The van der Waals surface area contributed by atoms with Crippen molar-refractivity contribution in [1.29, 1.82) is 0 Å². The quantitative estimate of drug-likeness (QED) is 0.429. The SMILES string of the molecule is NNc1ccccc1C(=O)Nc1ccc(I)cc1Cl. The van der Waals surface area contributed by atoms with Gasteiger partial charge >= 0.3 is 0 Å². The number of nitrogens with one attached hydrogen (secondary N) is 2. The Balaban J connectivity index is 2.26. The van der Waals surface area contributed by atoms with Crippen molar-refractivity contribution >= 4 is 51.5 Å². The molecule has 0 fully saturated rings. The van der Waals surface area contributed by atoms with Crippen molar-refractivity contribution in [3.8, 4) is 0 Å². The Kier molecular flexibility index (Phi) is 4.62. The molecule has 0 aliphatic rings. The third-order valence-corrected chi connectivity index (χ3v) is 3.49. The lowest BCUT2D eigenvalue weighted by molar-refractivity contribution is 0.102. The highest BCUT2D eigenvalue weighted by Gasteiger charge is 2.12. The van der Waals surface area contributed by atoms with Crippen molar-refractivity contribution in [3.05, 3.63) is 56.6 Å². The van der Waals surface area contributed by atoms with E-state index in [4.69, 9.17) is 17.4 Å². The number of amides is 1. The number of para-hydroxylation sites is 1. The molecule has 19 heavy (non-hydrogen) atoms. The lowest BCUT2D eigenvalue weighted by atomic mass is 10.1. The first-order valence-corrected chi connectivity index (χ1v) is 6.89. The first-order chi connectivity index (χ1) is 9.11. The van der Waals surface area contributed by atoms with E-state index in [1.807, 2.05) is 6.07 Å². The van der Waals surface area contributed by atoms with E-state index in [1.165, 1.54) is 0 Å². The van der Waals surface area contributed by atoms with E-state index in [2.05, 4.69) is 33.3 Å². The number of nitrogens with two attached hydrogens (primary N) is 1. The fourth-order valence-electron chi connectivity index (χ4n) is 1.59. The Bertz CT molecular complexity index is 619. The van der Waals surface area contributed by atoms with Gasteiger partial charge in [-0.25, -0.2) is 0 Å². The maximum Gasteiger partial charge on any atom is 0.257 e. The molecule has 0 unspecified atom stereocenters. The van der Waals surface area contributed by atoms with Gasteiger partial charge in [0.15, 0.2) is 0 Å². The van der Waals surface area contributed by atoms with Crippen LogP contribution in [0.2, 0.25) is 5.02 Å². The zero-order valence-electron chi connectivity index (χ0n) is 9.78. The van der Waals surface area contributed by atoms with Gasteiger partial charge in [0.05, 0.1) is 22.0 Å². The topological polar surface area (TPSA) is 67.1 Å². The molecule has 0 aromatic heterocycles. The van der Waals surface area contributed by atoms with E-state index in [0.29, 0.717) is 22.0 Å². The van der Waals surface area contributed by atoms with Gasteiger partial charge < -0.3 is 10.7 Å². The third-order valence-electron chi connectivity index (χ3n) is 2.51. The van der Waals surface area contributed by atoms with E-state index in [9.17, 15) is 4.79 Å². The Morgan fingerprint density at radius 2 is 1.89 bits per heavy atom. The van der Waals surface area contributed by atoms with E-state index in [-0.39, 0.29) is 5.91 Å². The predicted octanol–water partition coefficient (Wildman–Crippen LogP) is 3.48. The van der Waals surface area contributed by atoms with Crippen LogP contribution in [0, 0.1) is 3.57 Å². The van der Waals surface area contributed by atoms with Gasteiger partial charge in [0.25, 0.3) is 5.91 Å².